The first kappa shape index (κ1) is 22.2. The van der Waals surface area contributed by atoms with E-state index in [1.807, 2.05) is 19.2 Å². The number of carbonyl (C=O) groups is 2. The molecule has 30 heavy (non-hydrogen) atoms. The number of ketones is 1. The van der Waals surface area contributed by atoms with E-state index in [-0.39, 0.29) is 30.5 Å². The summed E-state index contributed by atoms with van der Waals surface area (Å²) in [6.07, 6.45) is 10.6. The standard InChI is InChI=1S/C24H35N3O3/c1-17(25)22(16-26-24(29)27(2)19-8-6-7-9-19)23(28)18-12-14-21(15-13-18)30-20-10-4-3-5-11-20/h12-15,19-20H,3-11,16,25H2,1-2H3,(H,26,29). The van der Waals surface area contributed by atoms with Gasteiger partial charge in [0.15, 0.2) is 5.78 Å². The van der Waals surface area contributed by atoms with Crippen molar-refractivity contribution in [1.29, 1.82) is 0 Å². The Hall–Kier alpha value is -2.50. The molecule has 0 atom stereocenters. The first-order chi connectivity index (χ1) is 14.5. The lowest BCUT2D eigenvalue weighted by atomic mass is 9.97. The zero-order valence-electron chi connectivity index (χ0n) is 18.3. The molecular formula is C24H35N3O3. The van der Waals surface area contributed by atoms with Gasteiger partial charge in [0.05, 0.1) is 12.6 Å². The van der Waals surface area contributed by atoms with Crippen molar-refractivity contribution in [2.24, 2.45) is 5.73 Å². The van der Waals surface area contributed by atoms with Crippen LogP contribution in [-0.4, -0.2) is 42.5 Å². The van der Waals surface area contributed by atoms with Crippen LogP contribution >= 0.6 is 0 Å². The number of ether oxygens (including phenoxy) is 1. The van der Waals surface area contributed by atoms with Crippen LogP contribution in [0.1, 0.15) is 75.1 Å². The Labute approximate surface area is 179 Å². The highest BCUT2D eigenvalue weighted by Crippen LogP contribution is 2.24. The second-order valence-corrected chi connectivity index (χ2v) is 8.60. The molecule has 0 unspecified atom stereocenters. The van der Waals surface area contributed by atoms with E-state index >= 15 is 0 Å². The minimum Gasteiger partial charge on any atom is -0.490 e. The summed E-state index contributed by atoms with van der Waals surface area (Å²) in [4.78, 5) is 27.2. The van der Waals surface area contributed by atoms with Crippen molar-refractivity contribution in [3.8, 4) is 5.75 Å². The average molecular weight is 414 g/mol. The van der Waals surface area contributed by atoms with Crippen molar-refractivity contribution in [3.63, 3.8) is 0 Å². The molecule has 6 heteroatoms. The molecule has 0 aromatic heterocycles. The molecule has 0 spiro atoms. The number of benzene rings is 1. The maximum atomic E-state index is 13.0. The van der Waals surface area contributed by atoms with Crippen LogP contribution in [0.2, 0.25) is 0 Å². The third-order valence-corrected chi connectivity index (χ3v) is 6.33. The molecule has 0 radical (unpaired) electrons. The van der Waals surface area contributed by atoms with Gasteiger partial charge in [0.1, 0.15) is 5.75 Å². The molecule has 0 heterocycles. The molecular weight excluding hydrogens is 378 g/mol. The number of nitrogens with one attached hydrogen (secondary N) is 1. The van der Waals surface area contributed by atoms with E-state index in [4.69, 9.17) is 10.5 Å². The number of hydrogen-bond acceptors (Lipinski definition) is 4. The Morgan fingerprint density at radius 3 is 2.23 bits per heavy atom. The van der Waals surface area contributed by atoms with Gasteiger partial charge in [-0.1, -0.05) is 19.3 Å². The number of urea groups is 1. The van der Waals surface area contributed by atoms with Gasteiger partial charge in [-0.05, 0) is 69.7 Å². The molecule has 2 saturated carbocycles. The van der Waals surface area contributed by atoms with Gasteiger partial charge in [0.25, 0.3) is 0 Å². The molecule has 1 aromatic carbocycles. The summed E-state index contributed by atoms with van der Waals surface area (Å²) >= 11 is 0. The first-order valence-corrected chi connectivity index (χ1v) is 11.2. The fourth-order valence-corrected chi connectivity index (χ4v) is 4.38. The zero-order valence-corrected chi connectivity index (χ0v) is 18.3. The van der Waals surface area contributed by atoms with Crippen LogP contribution < -0.4 is 15.8 Å². The van der Waals surface area contributed by atoms with E-state index in [1.54, 1.807) is 24.0 Å². The molecule has 1 aromatic rings. The maximum absolute atomic E-state index is 13.0. The Balaban J connectivity index is 1.58. The fourth-order valence-electron chi connectivity index (χ4n) is 4.38. The lowest BCUT2D eigenvalue weighted by molar-refractivity contribution is 0.103. The Bertz CT molecular complexity index is 756. The highest BCUT2D eigenvalue weighted by molar-refractivity contribution is 6.09. The number of nitrogens with zero attached hydrogens (tertiary/aromatic N) is 1. The number of carbonyl (C=O) groups excluding carboxylic acids is 2. The SMILES string of the molecule is CC(N)=C(CNC(=O)N(C)C1CCCC1)C(=O)c1ccc(OC2CCCCC2)cc1. The third kappa shape index (κ3) is 5.77. The lowest BCUT2D eigenvalue weighted by Crippen LogP contribution is -2.43. The Morgan fingerprint density at radius 1 is 1.03 bits per heavy atom. The highest BCUT2D eigenvalue weighted by atomic mass is 16.5. The smallest absolute Gasteiger partial charge is 0.317 e. The molecule has 0 saturated heterocycles. The van der Waals surface area contributed by atoms with Crippen molar-refractivity contribution in [1.82, 2.24) is 10.2 Å². The largest absolute Gasteiger partial charge is 0.490 e. The maximum Gasteiger partial charge on any atom is 0.317 e. The number of hydrogen-bond donors (Lipinski definition) is 2. The van der Waals surface area contributed by atoms with Crippen LogP contribution in [0, 0.1) is 0 Å². The summed E-state index contributed by atoms with van der Waals surface area (Å²) < 4.78 is 6.04. The number of Topliss-reactive ketones (excluding diaryl/α,β-unsaturated/α-hetero) is 1. The van der Waals surface area contributed by atoms with E-state index in [9.17, 15) is 9.59 Å². The summed E-state index contributed by atoms with van der Waals surface area (Å²) in [7, 11) is 1.82. The van der Waals surface area contributed by atoms with Gasteiger partial charge in [-0.15, -0.1) is 0 Å². The second kappa shape index (κ2) is 10.5. The normalized spacial score (nSPS) is 18.6. The van der Waals surface area contributed by atoms with E-state index in [0.717, 1.165) is 44.3 Å². The van der Waals surface area contributed by atoms with E-state index < -0.39 is 0 Å². The van der Waals surface area contributed by atoms with Gasteiger partial charge in [0, 0.05) is 29.9 Å². The van der Waals surface area contributed by atoms with Gasteiger partial charge in [0.2, 0.25) is 0 Å². The minimum atomic E-state index is -0.164. The Morgan fingerprint density at radius 2 is 1.63 bits per heavy atom. The molecule has 6 nitrogen and oxygen atoms in total. The van der Waals surface area contributed by atoms with Crippen LogP contribution in [-0.2, 0) is 0 Å². The summed E-state index contributed by atoms with van der Waals surface area (Å²) in [5, 5.41) is 2.86. The van der Waals surface area contributed by atoms with Crippen LogP contribution in [0.5, 0.6) is 5.75 Å². The van der Waals surface area contributed by atoms with Crippen molar-refractivity contribution in [2.45, 2.75) is 76.9 Å². The monoisotopic (exact) mass is 413 g/mol. The fraction of sp³-hybridized carbons (Fsp3) is 0.583. The van der Waals surface area contributed by atoms with E-state index in [1.165, 1.54) is 19.3 Å². The van der Waals surface area contributed by atoms with Crippen molar-refractivity contribution in [3.05, 3.63) is 41.1 Å². The first-order valence-electron chi connectivity index (χ1n) is 11.2. The van der Waals surface area contributed by atoms with Crippen molar-refractivity contribution in [2.75, 3.05) is 13.6 Å². The molecule has 3 N–H and O–H groups in total. The average Bonchev–Trinajstić information content (AvgIpc) is 3.29. The second-order valence-electron chi connectivity index (χ2n) is 8.60. The summed E-state index contributed by atoms with van der Waals surface area (Å²) in [6, 6.07) is 7.36. The van der Waals surface area contributed by atoms with Crippen LogP contribution in [0.25, 0.3) is 0 Å². The predicted octanol–water partition coefficient (Wildman–Crippen LogP) is 4.40. The topological polar surface area (TPSA) is 84.7 Å². The quantitative estimate of drug-likeness (QED) is 0.513. The van der Waals surface area contributed by atoms with Gasteiger partial charge in [-0.3, -0.25) is 4.79 Å². The summed E-state index contributed by atoms with van der Waals surface area (Å²) in [6.45, 7) is 1.82. The molecule has 2 aliphatic rings. The van der Waals surface area contributed by atoms with Crippen molar-refractivity contribution >= 4 is 11.8 Å². The van der Waals surface area contributed by atoms with E-state index in [0.29, 0.717) is 16.8 Å². The van der Waals surface area contributed by atoms with Crippen LogP contribution in [0.15, 0.2) is 35.5 Å². The molecule has 2 amide bonds. The lowest BCUT2D eigenvalue weighted by Gasteiger charge is -2.25. The number of amides is 2. The summed E-state index contributed by atoms with van der Waals surface area (Å²) in [5.41, 5.74) is 7.37. The number of rotatable bonds is 7. The number of allylic oxidation sites excluding steroid dienone is 1. The van der Waals surface area contributed by atoms with Gasteiger partial charge < -0.3 is 20.7 Å². The molecule has 2 fully saturated rings. The molecule has 164 valence electrons. The minimum absolute atomic E-state index is 0.122. The van der Waals surface area contributed by atoms with Gasteiger partial charge in [-0.25, -0.2) is 4.79 Å². The molecule has 3 rings (SSSR count). The van der Waals surface area contributed by atoms with Crippen molar-refractivity contribution < 1.29 is 14.3 Å². The Kier molecular flexibility index (Phi) is 7.77. The van der Waals surface area contributed by atoms with Gasteiger partial charge >= 0.3 is 6.03 Å². The van der Waals surface area contributed by atoms with Crippen LogP contribution in [0.4, 0.5) is 4.79 Å². The molecule has 0 bridgehead atoms. The highest BCUT2D eigenvalue weighted by Gasteiger charge is 2.24. The van der Waals surface area contributed by atoms with Gasteiger partial charge in [-0.2, -0.15) is 0 Å². The van der Waals surface area contributed by atoms with E-state index in [2.05, 4.69) is 5.32 Å². The van der Waals surface area contributed by atoms with Crippen LogP contribution in [0.3, 0.4) is 0 Å². The summed E-state index contributed by atoms with van der Waals surface area (Å²) in [5.74, 6) is 0.628. The molecule has 0 aliphatic heterocycles. The molecule has 2 aliphatic carbocycles. The predicted molar refractivity (Wildman–Crippen MR) is 119 cm³/mol. The zero-order chi connectivity index (χ0) is 21.5. The number of nitrogens with two attached hydrogens (primary N) is 1. The third-order valence-electron chi connectivity index (χ3n) is 6.33.